The van der Waals surface area contributed by atoms with Gasteiger partial charge in [0, 0.05) is 0 Å². The number of phenolic OH excluding ortho intramolecular Hbond substituents is 1. The Morgan fingerprint density at radius 3 is 2.67 bits per heavy atom. The molecule has 0 aromatic heterocycles. The van der Waals surface area contributed by atoms with Crippen LogP contribution in [0.15, 0.2) is 30.8 Å². The maximum atomic E-state index is 8.88. The van der Waals surface area contributed by atoms with Gasteiger partial charge in [-0.15, -0.1) is 0 Å². The van der Waals surface area contributed by atoms with E-state index in [1.807, 2.05) is 0 Å². The highest BCUT2D eigenvalue weighted by molar-refractivity contribution is 5.47. The topological polar surface area (TPSA) is 20.2 Å². The van der Waals surface area contributed by atoms with E-state index < -0.39 is 0 Å². The van der Waals surface area contributed by atoms with Crippen molar-refractivity contribution in [2.75, 3.05) is 0 Å². The van der Waals surface area contributed by atoms with Crippen molar-refractivity contribution in [2.45, 2.75) is 0 Å². The van der Waals surface area contributed by atoms with Gasteiger partial charge in [0.15, 0.2) is 0 Å². The number of hydrogen-bond acceptors (Lipinski definition) is 1. The van der Waals surface area contributed by atoms with Gasteiger partial charge in [-0.3, -0.25) is 0 Å². The molecule has 0 amide bonds. The molecular weight excluding hydrogens is 112 g/mol. The summed E-state index contributed by atoms with van der Waals surface area (Å²) in [5.74, 6) is 0.193. The van der Waals surface area contributed by atoms with Gasteiger partial charge in [-0.1, -0.05) is 24.7 Å². The first-order chi connectivity index (χ1) is 5.18. The molecule has 1 N–H and O–H groups in total. The molecule has 0 atom stereocenters. The van der Waals surface area contributed by atoms with Crippen LogP contribution >= 0.6 is 0 Å². The Hall–Kier alpha value is -1.24. The zero-order valence-electron chi connectivity index (χ0n) is 6.83. The molecule has 1 heteroatoms. The molecule has 0 aliphatic rings. The van der Waals surface area contributed by atoms with Crippen LogP contribution in [0.5, 0.6) is 5.75 Å². The highest BCUT2D eigenvalue weighted by Crippen LogP contribution is 2.09. The first-order valence-corrected chi connectivity index (χ1v) is 2.62. The average Bonchev–Trinajstić information content (AvgIpc) is 1.93. The van der Waals surface area contributed by atoms with Crippen molar-refractivity contribution in [2.24, 2.45) is 0 Å². The highest BCUT2D eigenvalue weighted by Gasteiger charge is 1.84. The van der Waals surface area contributed by atoms with E-state index in [0.29, 0.717) is 0 Å². The van der Waals surface area contributed by atoms with E-state index in [1.54, 1.807) is 12.1 Å². The third-order valence-corrected chi connectivity index (χ3v) is 1.06. The number of benzene rings is 1. The SMILES string of the molecule is [2H]C([2H])=Cc1ccc(O)cc1. The summed E-state index contributed by atoms with van der Waals surface area (Å²) >= 11 is 0. The lowest BCUT2D eigenvalue weighted by atomic mass is 10.2. The van der Waals surface area contributed by atoms with Crippen LogP contribution in [0.25, 0.3) is 6.08 Å². The van der Waals surface area contributed by atoms with Gasteiger partial charge in [0.25, 0.3) is 0 Å². The lowest BCUT2D eigenvalue weighted by Crippen LogP contribution is -1.67. The lowest BCUT2D eigenvalue weighted by Gasteiger charge is -1.90. The molecule has 1 aromatic rings. The number of rotatable bonds is 1. The zero-order valence-corrected chi connectivity index (χ0v) is 4.83. The molecule has 0 unspecified atom stereocenters. The fourth-order valence-corrected chi connectivity index (χ4v) is 0.571. The molecular formula is C8H8O. The largest absolute Gasteiger partial charge is 0.508 e. The van der Waals surface area contributed by atoms with Crippen LogP contribution in [0, 0.1) is 0 Å². The molecule has 0 radical (unpaired) electrons. The van der Waals surface area contributed by atoms with E-state index in [4.69, 9.17) is 7.85 Å². The molecule has 0 spiro atoms. The van der Waals surface area contributed by atoms with Gasteiger partial charge in [-0.2, -0.15) is 0 Å². The lowest BCUT2D eigenvalue weighted by molar-refractivity contribution is 0.475. The molecule has 0 fully saturated rings. The van der Waals surface area contributed by atoms with Gasteiger partial charge >= 0.3 is 0 Å². The van der Waals surface area contributed by atoms with Crippen LogP contribution in [0.3, 0.4) is 0 Å². The van der Waals surface area contributed by atoms with Crippen LogP contribution in [0.1, 0.15) is 8.30 Å². The van der Waals surface area contributed by atoms with Crippen LogP contribution in [0.2, 0.25) is 0 Å². The Morgan fingerprint density at radius 2 is 2.11 bits per heavy atom. The predicted molar refractivity (Wildman–Crippen MR) is 38.2 cm³/mol. The normalized spacial score (nSPS) is 11.6. The molecule has 1 rings (SSSR count). The third-order valence-electron chi connectivity index (χ3n) is 1.06. The van der Waals surface area contributed by atoms with Gasteiger partial charge in [0.05, 0.1) is 2.74 Å². The van der Waals surface area contributed by atoms with Gasteiger partial charge in [0.2, 0.25) is 0 Å². The van der Waals surface area contributed by atoms with Crippen molar-refractivity contribution in [1.29, 1.82) is 0 Å². The molecule has 9 heavy (non-hydrogen) atoms. The number of aromatic hydroxyl groups is 1. The third kappa shape index (κ3) is 1.32. The van der Waals surface area contributed by atoms with E-state index in [1.165, 1.54) is 18.2 Å². The second-order valence-electron chi connectivity index (χ2n) is 1.74. The van der Waals surface area contributed by atoms with Crippen molar-refractivity contribution in [3.63, 3.8) is 0 Å². The standard InChI is InChI=1S/C8H8O/c1-2-7-3-5-8(9)6-4-7/h2-6,9H,1H2/i1D2. The summed E-state index contributed by atoms with van der Waals surface area (Å²) in [4.78, 5) is 0. The van der Waals surface area contributed by atoms with Crippen molar-refractivity contribution in [1.82, 2.24) is 0 Å². The summed E-state index contributed by atoms with van der Waals surface area (Å²) in [6.45, 7) is -0.240. The molecule has 1 nitrogen and oxygen atoms in total. The zero-order chi connectivity index (χ0) is 8.27. The van der Waals surface area contributed by atoms with Crippen molar-refractivity contribution in [3.05, 3.63) is 36.4 Å². The molecule has 0 heterocycles. The summed E-state index contributed by atoms with van der Waals surface area (Å²) in [7, 11) is 0. The summed E-state index contributed by atoms with van der Waals surface area (Å²) in [6.07, 6.45) is 1.40. The second kappa shape index (κ2) is 2.35. The smallest absolute Gasteiger partial charge is 0.115 e. The van der Waals surface area contributed by atoms with Crippen LogP contribution in [0.4, 0.5) is 0 Å². The van der Waals surface area contributed by atoms with Gasteiger partial charge in [-0.25, -0.2) is 0 Å². The van der Waals surface area contributed by atoms with E-state index >= 15 is 0 Å². The first kappa shape index (κ1) is 3.72. The fourth-order valence-electron chi connectivity index (χ4n) is 0.571. The minimum Gasteiger partial charge on any atom is -0.508 e. The van der Waals surface area contributed by atoms with Gasteiger partial charge in [-0.05, 0) is 17.7 Å². The first-order valence-electron chi connectivity index (χ1n) is 3.62. The Labute approximate surface area is 57.1 Å². The summed E-state index contributed by atoms with van der Waals surface area (Å²) in [5, 5.41) is 8.88. The summed E-state index contributed by atoms with van der Waals surface area (Å²) in [6, 6.07) is 6.35. The Kier molecular flexibility index (Phi) is 0.974. The average molecular weight is 122 g/mol. The highest BCUT2D eigenvalue weighted by atomic mass is 16.3. The minimum atomic E-state index is -0.240. The van der Waals surface area contributed by atoms with E-state index in [0.717, 1.165) is 5.56 Å². The van der Waals surface area contributed by atoms with Gasteiger partial charge in [0.1, 0.15) is 5.75 Å². The van der Waals surface area contributed by atoms with Gasteiger partial charge < -0.3 is 5.11 Å². The molecule has 0 bridgehead atoms. The summed E-state index contributed by atoms with van der Waals surface area (Å²) < 4.78 is 13.7. The van der Waals surface area contributed by atoms with Crippen molar-refractivity contribution in [3.8, 4) is 5.75 Å². The maximum Gasteiger partial charge on any atom is 0.115 e. The van der Waals surface area contributed by atoms with E-state index in [-0.39, 0.29) is 12.3 Å². The van der Waals surface area contributed by atoms with E-state index in [9.17, 15) is 0 Å². The van der Waals surface area contributed by atoms with Crippen LogP contribution in [-0.4, -0.2) is 5.11 Å². The maximum absolute atomic E-state index is 8.88. The predicted octanol–water partition coefficient (Wildman–Crippen LogP) is 2.04. The molecule has 0 saturated carbocycles. The minimum absolute atomic E-state index is 0.193. The van der Waals surface area contributed by atoms with E-state index in [2.05, 4.69) is 0 Å². The Balaban J connectivity index is 2.91. The molecule has 0 aliphatic heterocycles. The fraction of sp³-hybridized carbons (Fsp3) is 0. The van der Waals surface area contributed by atoms with Crippen molar-refractivity contribution >= 4 is 6.08 Å². The van der Waals surface area contributed by atoms with Crippen molar-refractivity contribution < 1.29 is 7.85 Å². The van der Waals surface area contributed by atoms with Crippen LogP contribution < -0.4 is 0 Å². The summed E-state index contributed by atoms with van der Waals surface area (Å²) in [5.41, 5.74) is 0.753. The van der Waals surface area contributed by atoms with Crippen LogP contribution in [-0.2, 0) is 0 Å². The monoisotopic (exact) mass is 122 g/mol. The second-order valence-corrected chi connectivity index (χ2v) is 1.74. The Morgan fingerprint density at radius 1 is 1.44 bits per heavy atom. The molecule has 1 aromatic carbocycles. The molecule has 0 saturated heterocycles. The quantitative estimate of drug-likeness (QED) is 0.604. The number of phenols is 1. The number of hydrogen-bond donors (Lipinski definition) is 1. The Bertz CT molecular complexity index is 260. The molecule has 46 valence electrons. The molecule has 0 aliphatic carbocycles.